The summed E-state index contributed by atoms with van der Waals surface area (Å²) in [7, 11) is 0. The topological polar surface area (TPSA) is 20.3 Å². The molecule has 2 nitrogen and oxygen atoms in total. The number of aryl methyl sites for hydroxylation is 1. The van der Waals surface area contributed by atoms with Crippen molar-refractivity contribution in [1.82, 2.24) is 0 Å². The number of piperidine rings is 1. The minimum Gasteiger partial charge on any atom is -0.368 e. The first kappa shape index (κ1) is 12.7. The molecule has 2 heteroatoms. The maximum atomic E-state index is 11.4. The zero-order chi connectivity index (χ0) is 13.2. The van der Waals surface area contributed by atoms with Crippen LogP contribution < -0.4 is 4.90 Å². The first-order valence-corrected chi connectivity index (χ1v) is 7.62. The van der Waals surface area contributed by atoms with E-state index in [2.05, 4.69) is 24.0 Å². The van der Waals surface area contributed by atoms with Gasteiger partial charge in [-0.15, -0.1) is 0 Å². The van der Waals surface area contributed by atoms with E-state index in [1.165, 1.54) is 44.1 Å². The first-order valence-electron chi connectivity index (χ1n) is 7.62. The molecule has 1 aliphatic carbocycles. The highest BCUT2D eigenvalue weighted by molar-refractivity contribution is 5.85. The minimum atomic E-state index is 0.670. The van der Waals surface area contributed by atoms with Crippen molar-refractivity contribution in [3.63, 3.8) is 0 Å². The third-order valence-electron chi connectivity index (χ3n) is 4.86. The lowest BCUT2D eigenvalue weighted by Crippen LogP contribution is -2.47. The van der Waals surface area contributed by atoms with Gasteiger partial charge in [-0.3, -0.25) is 4.79 Å². The van der Waals surface area contributed by atoms with Crippen LogP contribution >= 0.6 is 0 Å². The van der Waals surface area contributed by atoms with E-state index in [-0.39, 0.29) is 0 Å². The Kier molecular flexibility index (Phi) is 3.58. The van der Waals surface area contributed by atoms with E-state index in [1.54, 1.807) is 0 Å². The van der Waals surface area contributed by atoms with Gasteiger partial charge in [-0.2, -0.15) is 0 Å². The summed E-state index contributed by atoms with van der Waals surface area (Å²) in [6.45, 7) is 3.17. The van der Waals surface area contributed by atoms with Gasteiger partial charge in [0.15, 0.2) is 6.29 Å². The van der Waals surface area contributed by atoms with Gasteiger partial charge in [-0.1, -0.05) is 24.5 Å². The number of anilines is 1. The molecule has 3 rings (SSSR count). The summed E-state index contributed by atoms with van der Waals surface area (Å²) < 4.78 is 0. The molecule has 0 N–H and O–H groups in total. The van der Waals surface area contributed by atoms with Gasteiger partial charge >= 0.3 is 0 Å². The van der Waals surface area contributed by atoms with Crippen molar-refractivity contribution >= 4 is 12.0 Å². The molecule has 1 aromatic rings. The van der Waals surface area contributed by atoms with Gasteiger partial charge < -0.3 is 4.90 Å². The molecular weight excluding hydrogens is 234 g/mol. The van der Waals surface area contributed by atoms with Crippen LogP contribution in [0.1, 0.15) is 54.4 Å². The van der Waals surface area contributed by atoms with Gasteiger partial charge in [-0.05, 0) is 50.7 Å². The molecule has 1 aromatic carbocycles. The number of carbonyl (C=O) groups excluding carboxylic acids is 1. The highest BCUT2D eigenvalue weighted by Crippen LogP contribution is 2.38. The Labute approximate surface area is 115 Å². The van der Waals surface area contributed by atoms with Crippen LogP contribution in [0.25, 0.3) is 0 Å². The van der Waals surface area contributed by atoms with Crippen molar-refractivity contribution in [1.29, 1.82) is 0 Å². The van der Waals surface area contributed by atoms with Crippen LogP contribution in [-0.2, 0) is 0 Å². The average Bonchev–Trinajstić information content (AvgIpc) is 2.46. The van der Waals surface area contributed by atoms with Crippen molar-refractivity contribution < 1.29 is 4.79 Å². The third kappa shape index (κ3) is 2.41. The fraction of sp³-hybridized carbons (Fsp3) is 0.588. The van der Waals surface area contributed by atoms with Crippen LogP contribution in [0, 0.1) is 12.8 Å². The summed E-state index contributed by atoms with van der Waals surface area (Å²) in [5, 5.41) is 0. The zero-order valence-corrected chi connectivity index (χ0v) is 11.8. The first-order chi connectivity index (χ1) is 9.29. The number of carbonyl (C=O) groups is 1. The molecule has 1 saturated heterocycles. The summed E-state index contributed by atoms with van der Waals surface area (Å²) >= 11 is 0. The van der Waals surface area contributed by atoms with E-state index in [1.807, 2.05) is 6.07 Å². The summed E-state index contributed by atoms with van der Waals surface area (Å²) in [5.74, 6) is 0.850. The van der Waals surface area contributed by atoms with Crippen molar-refractivity contribution in [3.8, 4) is 0 Å². The molecule has 1 heterocycles. The maximum absolute atomic E-state index is 11.4. The van der Waals surface area contributed by atoms with E-state index in [0.29, 0.717) is 6.04 Å². The highest BCUT2D eigenvalue weighted by Gasteiger charge is 2.33. The molecule has 1 saturated carbocycles. The molecule has 0 spiro atoms. The van der Waals surface area contributed by atoms with Crippen LogP contribution in [0.15, 0.2) is 18.2 Å². The second-order valence-electron chi connectivity index (χ2n) is 6.13. The summed E-state index contributed by atoms with van der Waals surface area (Å²) in [6.07, 6.45) is 9.09. The van der Waals surface area contributed by atoms with E-state index in [0.717, 1.165) is 30.0 Å². The molecule has 2 fully saturated rings. The van der Waals surface area contributed by atoms with Gasteiger partial charge in [0.25, 0.3) is 0 Å². The molecule has 0 aromatic heterocycles. The quantitative estimate of drug-likeness (QED) is 0.747. The smallest absolute Gasteiger partial charge is 0.152 e. The highest BCUT2D eigenvalue weighted by atomic mass is 16.1. The zero-order valence-electron chi connectivity index (χ0n) is 11.8. The molecule has 102 valence electrons. The van der Waals surface area contributed by atoms with Gasteiger partial charge in [0.1, 0.15) is 0 Å². The lowest BCUT2D eigenvalue weighted by atomic mass is 9.78. The summed E-state index contributed by atoms with van der Waals surface area (Å²) in [5.41, 5.74) is 3.20. The number of hydrogen-bond donors (Lipinski definition) is 0. The third-order valence-corrected chi connectivity index (χ3v) is 4.86. The Hall–Kier alpha value is -1.31. The molecule has 1 aliphatic heterocycles. The largest absolute Gasteiger partial charge is 0.368 e. The monoisotopic (exact) mass is 257 g/mol. The number of fused-ring (bicyclic) bond motifs is 1. The van der Waals surface area contributed by atoms with Crippen LogP contribution in [-0.4, -0.2) is 18.9 Å². The van der Waals surface area contributed by atoms with Crippen molar-refractivity contribution in [2.75, 3.05) is 11.4 Å². The number of hydrogen-bond acceptors (Lipinski definition) is 2. The van der Waals surface area contributed by atoms with E-state index in [4.69, 9.17) is 0 Å². The van der Waals surface area contributed by atoms with Gasteiger partial charge in [0.05, 0.1) is 0 Å². The Balaban J connectivity index is 1.93. The Morgan fingerprint density at radius 1 is 1.16 bits per heavy atom. The molecule has 2 atom stereocenters. The molecule has 2 aliphatic rings. The van der Waals surface area contributed by atoms with E-state index < -0.39 is 0 Å². The van der Waals surface area contributed by atoms with Crippen LogP contribution in [0.3, 0.4) is 0 Å². The fourth-order valence-corrected chi connectivity index (χ4v) is 3.95. The van der Waals surface area contributed by atoms with Crippen molar-refractivity contribution in [3.05, 3.63) is 29.3 Å². The van der Waals surface area contributed by atoms with E-state index >= 15 is 0 Å². The predicted octanol–water partition coefficient (Wildman–Crippen LogP) is 3.97. The van der Waals surface area contributed by atoms with Crippen LogP contribution in [0.2, 0.25) is 0 Å². The van der Waals surface area contributed by atoms with E-state index in [9.17, 15) is 4.79 Å². The lowest BCUT2D eigenvalue weighted by Gasteiger charge is -2.45. The fourth-order valence-electron chi connectivity index (χ4n) is 3.95. The summed E-state index contributed by atoms with van der Waals surface area (Å²) in [4.78, 5) is 13.9. The average molecular weight is 257 g/mol. The molecule has 0 amide bonds. The Morgan fingerprint density at radius 2 is 1.95 bits per heavy atom. The predicted molar refractivity (Wildman–Crippen MR) is 78.9 cm³/mol. The van der Waals surface area contributed by atoms with Crippen molar-refractivity contribution in [2.24, 2.45) is 5.92 Å². The standard InChI is InChI=1S/C17H23NO/c1-13-8-9-17(15(11-13)12-19)18-10-4-6-14-5-2-3-7-16(14)18/h8-9,11-12,14,16H,2-7,10H2,1H3/t14-,16-/m1/s1. The van der Waals surface area contributed by atoms with Crippen molar-refractivity contribution in [2.45, 2.75) is 51.5 Å². The Bertz CT molecular complexity index is 466. The number of benzene rings is 1. The van der Waals surface area contributed by atoms with Crippen LogP contribution in [0.5, 0.6) is 0 Å². The molecule has 0 unspecified atom stereocenters. The second-order valence-corrected chi connectivity index (χ2v) is 6.13. The van der Waals surface area contributed by atoms with Gasteiger partial charge in [-0.25, -0.2) is 0 Å². The Morgan fingerprint density at radius 3 is 2.79 bits per heavy atom. The van der Waals surface area contributed by atoms with Gasteiger partial charge in [0, 0.05) is 23.8 Å². The van der Waals surface area contributed by atoms with Gasteiger partial charge in [0.2, 0.25) is 0 Å². The molecule has 19 heavy (non-hydrogen) atoms. The molecule has 0 radical (unpaired) electrons. The lowest BCUT2D eigenvalue weighted by molar-refractivity contribution is 0.112. The molecular formula is C17H23NO. The second kappa shape index (κ2) is 5.36. The van der Waals surface area contributed by atoms with Crippen LogP contribution in [0.4, 0.5) is 5.69 Å². The number of aldehydes is 1. The SMILES string of the molecule is Cc1ccc(N2CCC[C@H]3CCCC[C@H]32)c(C=O)c1. The minimum absolute atomic E-state index is 0.670. The molecule has 0 bridgehead atoms. The summed E-state index contributed by atoms with van der Waals surface area (Å²) in [6, 6.07) is 6.98. The normalized spacial score (nSPS) is 26.9. The maximum Gasteiger partial charge on any atom is 0.152 e. The number of nitrogens with zero attached hydrogens (tertiary/aromatic N) is 1. The number of rotatable bonds is 2.